The molecule has 1 aliphatic heterocycles. The van der Waals surface area contributed by atoms with E-state index in [1.165, 1.54) is 24.8 Å². The van der Waals surface area contributed by atoms with Crippen molar-refractivity contribution in [3.05, 3.63) is 28.2 Å². The van der Waals surface area contributed by atoms with Gasteiger partial charge in [-0.2, -0.15) is 0 Å². The SMILES string of the molecule is BrCc1cc(OC2CCOC3(CCC3)C2)ccc1Br. The summed E-state index contributed by atoms with van der Waals surface area (Å²) in [5.41, 5.74) is 1.37. The molecule has 0 aromatic heterocycles. The van der Waals surface area contributed by atoms with E-state index < -0.39 is 0 Å². The minimum atomic E-state index is 0.149. The molecule has 1 atom stereocenters. The maximum Gasteiger partial charge on any atom is 0.120 e. The van der Waals surface area contributed by atoms with E-state index in [9.17, 15) is 0 Å². The Kier molecular flexibility index (Phi) is 4.20. The van der Waals surface area contributed by atoms with Crippen LogP contribution in [0.1, 0.15) is 37.7 Å². The van der Waals surface area contributed by atoms with E-state index in [1.54, 1.807) is 0 Å². The third kappa shape index (κ3) is 3.01. The molecule has 0 amide bonds. The zero-order valence-corrected chi connectivity index (χ0v) is 14.0. The van der Waals surface area contributed by atoms with Crippen molar-refractivity contribution in [2.45, 2.75) is 49.1 Å². The lowest BCUT2D eigenvalue weighted by Gasteiger charge is -2.46. The number of alkyl halides is 1. The lowest BCUT2D eigenvalue weighted by Crippen LogP contribution is -2.48. The van der Waals surface area contributed by atoms with Crippen molar-refractivity contribution in [3.8, 4) is 5.75 Å². The van der Waals surface area contributed by atoms with Crippen molar-refractivity contribution in [1.29, 1.82) is 0 Å². The average Bonchev–Trinajstić information content (AvgIpc) is 2.39. The molecule has 2 nitrogen and oxygen atoms in total. The number of ether oxygens (including phenoxy) is 2. The van der Waals surface area contributed by atoms with Crippen molar-refractivity contribution >= 4 is 31.9 Å². The fourth-order valence-electron chi connectivity index (χ4n) is 2.92. The molecule has 1 aromatic rings. The first kappa shape index (κ1) is 13.9. The second-order valence-electron chi connectivity index (χ2n) is 5.50. The number of halogens is 2. The van der Waals surface area contributed by atoms with E-state index in [1.807, 2.05) is 6.07 Å². The van der Waals surface area contributed by atoms with E-state index in [0.717, 1.165) is 35.0 Å². The topological polar surface area (TPSA) is 18.5 Å². The molecule has 0 bridgehead atoms. The highest BCUT2D eigenvalue weighted by Gasteiger charge is 2.43. The molecule has 1 spiro atoms. The maximum absolute atomic E-state index is 6.16. The van der Waals surface area contributed by atoms with Gasteiger partial charge in [0.05, 0.1) is 12.2 Å². The standard InChI is InChI=1S/C15H18Br2O2/c16-10-11-8-12(2-3-14(11)17)19-13-4-7-18-15(9-13)5-1-6-15/h2-3,8,13H,1,4-7,9-10H2. The highest BCUT2D eigenvalue weighted by atomic mass is 79.9. The smallest absolute Gasteiger partial charge is 0.120 e. The maximum atomic E-state index is 6.16. The molecule has 4 heteroatoms. The predicted octanol–water partition coefficient (Wildman–Crippen LogP) is 4.82. The van der Waals surface area contributed by atoms with Gasteiger partial charge in [0, 0.05) is 22.6 Å². The third-order valence-electron chi connectivity index (χ3n) is 4.18. The monoisotopic (exact) mass is 388 g/mol. The van der Waals surface area contributed by atoms with Crippen molar-refractivity contribution in [3.63, 3.8) is 0 Å². The van der Waals surface area contributed by atoms with Gasteiger partial charge in [-0.3, -0.25) is 0 Å². The Bertz CT molecular complexity index is 457. The van der Waals surface area contributed by atoms with Gasteiger partial charge in [0.15, 0.2) is 0 Å². The highest BCUT2D eigenvalue weighted by molar-refractivity contribution is 9.10. The molecule has 1 heterocycles. The van der Waals surface area contributed by atoms with Gasteiger partial charge in [-0.05, 0) is 43.0 Å². The van der Waals surface area contributed by atoms with Crippen LogP contribution < -0.4 is 4.74 Å². The van der Waals surface area contributed by atoms with Crippen LogP contribution in [-0.2, 0) is 10.1 Å². The Balaban J connectivity index is 1.67. The lowest BCUT2D eigenvalue weighted by atomic mass is 9.74. The Hall–Kier alpha value is -0.0600. The highest BCUT2D eigenvalue weighted by Crippen LogP contribution is 2.43. The lowest BCUT2D eigenvalue weighted by molar-refractivity contribution is -0.153. The molecule has 3 rings (SSSR count). The van der Waals surface area contributed by atoms with Gasteiger partial charge in [-0.25, -0.2) is 0 Å². The largest absolute Gasteiger partial charge is 0.490 e. The fraction of sp³-hybridized carbons (Fsp3) is 0.600. The normalized spacial score (nSPS) is 25.1. The Morgan fingerprint density at radius 3 is 2.89 bits per heavy atom. The summed E-state index contributed by atoms with van der Waals surface area (Å²) in [5.74, 6) is 0.971. The van der Waals surface area contributed by atoms with Gasteiger partial charge in [0.25, 0.3) is 0 Å². The van der Waals surface area contributed by atoms with Crippen LogP contribution in [0.25, 0.3) is 0 Å². The summed E-state index contributed by atoms with van der Waals surface area (Å²) in [5, 5.41) is 0.836. The zero-order chi connectivity index (χ0) is 13.3. The summed E-state index contributed by atoms with van der Waals surface area (Å²) >= 11 is 7.05. The number of hydrogen-bond donors (Lipinski definition) is 0. The first-order valence-electron chi connectivity index (χ1n) is 6.86. The zero-order valence-electron chi connectivity index (χ0n) is 10.8. The van der Waals surface area contributed by atoms with Crippen LogP contribution >= 0.6 is 31.9 Å². The van der Waals surface area contributed by atoms with Gasteiger partial charge in [-0.15, -0.1) is 0 Å². The van der Waals surface area contributed by atoms with Crippen molar-refractivity contribution in [2.24, 2.45) is 0 Å². The average molecular weight is 390 g/mol. The molecule has 104 valence electrons. The predicted molar refractivity (Wildman–Crippen MR) is 83.0 cm³/mol. The third-order valence-corrected chi connectivity index (χ3v) is 5.55. The van der Waals surface area contributed by atoms with E-state index in [2.05, 4.69) is 44.0 Å². The summed E-state index contributed by atoms with van der Waals surface area (Å²) in [6, 6.07) is 6.21. The Morgan fingerprint density at radius 2 is 2.21 bits per heavy atom. The van der Waals surface area contributed by atoms with Gasteiger partial charge in [0.2, 0.25) is 0 Å². The number of rotatable bonds is 3. The van der Waals surface area contributed by atoms with E-state index in [4.69, 9.17) is 9.47 Å². The molecular formula is C15H18Br2O2. The Morgan fingerprint density at radius 1 is 1.37 bits per heavy atom. The summed E-state index contributed by atoms with van der Waals surface area (Å²) in [4.78, 5) is 0. The molecular weight excluding hydrogens is 372 g/mol. The summed E-state index contributed by atoms with van der Waals surface area (Å²) in [6.07, 6.45) is 6.07. The molecule has 1 unspecified atom stereocenters. The number of hydrogen-bond acceptors (Lipinski definition) is 2. The van der Waals surface area contributed by atoms with Gasteiger partial charge < -0.3 is 9.47 Å². The summed E-state index contributed by atoms with van der Waals surface area (Å²) in [6.45, 7) is 0.840. The first-order valence-corrected chi connectivity index (χ1v) is 8.77. The van der Waals surface area contributed by atoms with E-state index >= 15 is 0 Å². The van der Waals surface area contributed by atoms with Gasteiger partial charge in [-0.1, -0.05) is 31.9 Å². The van der Waals surface area contributed by atoms with Crippen LogP contribution in [0.5, 0.6) is 5.75 Å². The minimum Gasteiger partial charge on any atom is -0.490 e. The van der Waals surface area contributed by atoms with Gasteiger partial charge >= 0.3 is 0 Å². The molecule has 0 N–H and O–H groups in total. The molecule has 19 heavy (non-hydrogen) atoms. The van der Waals surface area contributed by atoms with Crippen molar-refractivity contribution < 1.29 is 9.47 Å². The molecule has 1 aliphatic carbocycles. The van der Waals surface area contributed by atoms with Crippen LogP contribution in [0, 0.1) is 0 Å². The van der Waals surface area contributed by atoms with Crippen LogP contribution in [0.4, 0.5) is 0 Å². The Labute approximate surface area is 131 Å². The van der Waals surface area contributed by atoms with Crippen LogP contribution in [0.15, 0.2) is 22.7 Å². The van der Waals surface area contributed by atoms with E-state index in [0.29, 0.717) is 6.10 Å². The summed E-state index contributed by atoms with van der Waals surface area (Å²) in [7, 11) is 0. The molecule has 1 aromatic carbocycles. The van der Waals surface area contributed by atoms with Crippen LogP contribution in [0.3, 0.4) is 0 Å². The minimum absolute atomic E-state index is 0.149. The van der Waals surface area contributed by atoms with Crippen LogP contribution in [-0.4, -0.2) is 18.3 Å². The van der Waals surface area contributed by atoms with Crippen molar-refractivity contribution in [2.75, 3.05) is 6.61 Å². The van der Waals surface area contributed by atoms with E-state index in [-0.39, 0.29) is 5.60 Å². The molecule has 1 saturated carbocycles. The van der Waals surface area contributed by atoms with Crippen LogP contribution in [0.2, 0.25) is 0 Å². The molecule has 2 aliphatic rings. The summed E-state index contributed by atoms with van der Waals surface area (Å²) < 4.78 is 13.2. The molecule has 2 fully saturated rings. The second-order valence-corrected chi connectivity index (χ2v) is 6.92. The second kappa shape index (κ2) is 5.74. The van der Waals surface area contributed by atoms with Crippen molar-refractivity contribution in [1.82, 2.24) is 0 Å². The first-order chi connectivity index (χ1) is 9.21. The van der Waals surface area contributed by atoms with Gasteiger partial charge in [0.1, 0.15) is 11.9 Å². The fourth-order valence-corrected chi connectivity index (χ4v) is 4.15. The molecule has 0 radical (unpaired) electrons. The molecule has 1 saturated heterocycles. The number of benzene rings is 1. The quantitative estimate of drug-likeness (QED) is 0.689.